The van der Waals surface area contributed by atoms with Crippen molar-refractivity contribution in [2.45, 2.75) is 0 Å². The minimum absolute atomic E-state index is 0.0692. The molecule has 0 aromatic heterocycles. The Kier molecular flexibility index (Phi) is 4.07. The Morgan fingerprint density at radius 3 is 2.82 bits per heavy atom. The largest absolute Gasteiger partial charge is 0.330 e. The van der Waals surface area contributed by atoms with Gasteiger partial charge in [0.1, 0.15) is 10.6 Å². The highest BCUT2D eigenvalue weighted by Gasteiger charge is 2.25. The molecule has 1 aromatic carbocycles. The monoisotopic (exact) mass is 252 g/mol. The number of rotatable bonds is 3. The second kappa shape index (κ2) is 5.32. The summed E-state index contributed by atoms with van der Waals surface area (Å²) in [5.74, 6) is 1.75. The van der Waals surface area contributed by atoms with Crippen LogP contribution in [0.3, 0.4) is 0 Å². The number of halogens is 1. The van der Waals surface area contributed by atoms with E-state index in [1.165, 1.54) is 30.1 Å². The van der Waals surface area contributed by atoms with Crippen LogP contribution in [0.4, 0.5) is 5.69 Å². The summed E-state index contributed by atoms with van der Waals surface area (Å²) in [6.45, 7) is 0.0719. The smallest absolute Gasteiger partial charge is 0.300 e. The van der Waals surface area contributed by atoms with E-state index in [0.717, 1.165) is 0 Å². The third-order valence-electron chi connectivity index (χ3n) is 2.07. The average Bonchev–Trinajstić information content (AvgIpc) is 2.27. The molecular formula is C11H9ClN2O3. The molecule has 0 atom stereocenters. The van der Waals surface area contributed by atoms with Crippen LogP contribution in [-0.4, -0.2) is 29.3 Å². The Hall–Kier alpha value is -2.06. The maximum Gasteiger partial charge on any atom is 0.300 e. The van der Waals surface area contributed by atoms with E-state index in [0.29, 0.717) is 0 Å². The molecule has 0 N–H and O–H groups in total. The highest BCUT2D eigenvalue weighted by molar-refractivity contribution is 6.33. The maximum atomic E-state index is 11.9. The van der Waals surface area contributed by atoms with Crippen LogP contribution >= 0.6 is 11.6 Å². The van der Waals surface area contributed by atoms with Crippen LogP contribution in [0.1, 0.15) is 10.4 Å². The molecule has 0 saturated heterocycles. The zero-order chi connectivity index (χ0) is 13.0. The number of terminal acetylenes is 1. The number of benzene rings is 1. The van der Waals surface area contributed by atoms with E-state index in [1.54, 1.807) is 0 Å². The van der Waals surface area contributed by atoms with Crippen LogP contribution in [0, 0.1) is 22.5 Å². The van der Waals surface area contributed by atoms with Gasteiger partial charge in [-0.3, -0.25) is 14.9 Å². The molecule has 0 aliphatic carbocycles. The zero-order valence-electron chi connectivity index (χ0n) is 9.01. The maximum absolute atomic E-state index is 11.9. The van der Waals surface area contributed by atoms with E-state index in [2.05, 4.69) is 5.92 Å². The van der Waals surface area contributed by atoms with Crippen molar-refractivity contribution >= 4 is 23.2 Å². The highest BCUT2D eigenvalue weighted by atomic mass is 35.5. The Morgan fingerprint density at radius 1 is 1.65 bits per heavy atom. The standard InChI is InChI=1S/C11H9ClN2O3/c1-3-7-13(2)11(15)8-5-4-6-9(12)10(8)14(16)17/h1,4-6H,7H2,2H3. The van der Waals surface area contributed by atoms with E-state index in [-0.39, 0.29) is 17.1 Å². The summed E-state index contributed by atoms with van der Waals surface area (Å²) in [5, 5.41) is 10.8. The molecule has 0 unspecified atom stereocenters. The minimum atomic E-state index is -0.681. The first-order valence-electron chi connectivity index (χ1n) is 4.61. The van der Waals surface area contributed by atoms with E-state index in [1.807, 2.05) is 0 Å². The van der Waals surface area contributed by atoms with Crippen molar-refractivity contribution in [3.05, 3.63) is 38.9 Å². The van der Waals surface area contributed by atoms with Gasteiger partial charge in [-0.05, 0) is 12.1 Å². The molecule has 0 radical (unpaired) electrons. The van der Waals surface area contributed by atoms with Crippen LogP contribution in [0.5, 0.6) is 0 Å². The summed E-state index contributed by atoms with van der Waals surface area (Å²) >= 11 is 5.70. The first-order valence-corrected chi connectivity index (χ1v) is 4.98. The lowest BCUT2D eigenvalue weighted by Crippen LogP contribution is -2.27. The first kappa shape index (κ1) is 13.0. The average molecular weight is 253 g/mol. The summed E-state index contributed by atoms with van der Waals surface area (Å²) < 4.78 is 0. The number of carbonyl (C=O) groups excluding carboxylic acids is 1. The van der Waals surface area contributed by atoms with E-state index < -0.39 is 16.5 Å². The van der Waals surface area contributed by atoms with Crippen molar-refractivity contribution in [2.24, 2.45) is 0 Å². The molecule has 0 spiro atoms. The van der Waals surface area contributed by atoms with Gasteiger partial charge in [-0.1, -0.05) is 23.6 Å². The summed E-state index contributed by atoms with van der Waals surface area (Å²) in [6, 6.07) is 4.18. The Balaban J connectivity index is 3.23. The number of nitrogens with zero attached hydrogens (tertiary/aromatic N) is 2. The minimum Gasteiger partial charge on any atom is -0.330 e. The van der Waals surface area contributed by atoms with Crippen molar-refractivity contribution in [2.75, 3.05) is 13.6 Å². The van der Waals surface area contributed by atoms with Crippen molar-refractivity contribution < 1.29 is 9.72 Å². The van der Waals surface area contributed by atoms with Gasteiger partial charge in [0.2, 0.25) is 0 Å². The highest BCUT2D eigenvalue weighted by Crippen LogP contribution is 2.28. The van der Waals surface area contributed by atoms with Gasteiger partial charge in [0.05, 0.1) is 11.5 Å². The van der Waals surface area contributed by atoms with Crippen LogP contribution in [0.15, 0.2) is 18.2 Å². The predicted molar refractivity (Wildman–Crippen MR) is 63.9 cm³/mol. The fraction of sp³-hybridized carbons (Fsp3) is 0.182. The molecule has 0 bridgehead atoms. The van der Waals surface area contributed by atoms with Crippen molar-refractivity contribution in [3.63, 3.8) is 0 Å². The fourth-order valence-electron chi connectivity index (χ4n) is 1.29. The zero-order valence-corrected chi connectivity index (χ0v) is 9.77. The molecule has 88 valence electrons. The van der Waals surface area contributed by atoms with Gasteiger partial charge in [-0.2, -0.15) is 0 Å². The molecule has 6 heteroatoms. The Bertz CT molecular complexity index is 508. The van der Waals surface area contributed by atoms with Crippen molar-refractivity contribution in [3.8, 4) is 12.3 Å². The second-order valence-corrected chi connectivity index (χ2v) is 3.67. The molecule has 0 aliphatic heterocycles. The summed E-state index contributed by atoms with van der Waals surface area (Å²) in [6.07, 6.45) is 5.07. The lowest BCUT2D eigenvalue weighted by atomic mass is 10.1. The lowest BCUT2D eigenvalue weighted by Gasteiger charge is -2.13. The molecule has 5 nitrogen and oxygen atoms in total. The third-order valence-corrected chi connectivity index (χ3v) is 2.38. The van der Waals surface area contributed by atoms with Gasteiger partial charge in [0.25, 0.3) is 5.91 Å². The second-order valence-electron chi connectivity index (χ2n) is 3.26. The molecular weight excluding hydrogens is 244 g/mol. The van der Waals surface area contributed by atoms with Crippen molar-refractivity contribution in [1.82, 2.24) is 4.90 Å². The van der Waals surface area contributed by atoms with Gasteiger partial charge in [-0.25, -0.2) is 0 Å². The number of para-hydroxylation sites is 1. The van der Waals surface area contributed by atoms with Crippen LogP contribution in [0.25, 0.3) is 0 Å². The lowest BCUT2D eigenvalue weighted by molar-refractivity contribution is -0.385. The quantitative estimate of drug-likeness (QED) is 0.469. The van der Waals surface area contributed by atoms with Gasteiger partial charge in [-0.15, -0.1) is 6.42 Å². The predicted octanol–water partition coefficient (Wildman–Crippen LogP) is 1.95. The topological polar surface area (TPSA) is 63.5 Å². The molecule has 1 amide bonds. The SMILES string of the molecule is C#CCN(C)C(=O)c1cccc(Cl)c1[N+](=O)[O-]. The number of hydrogen-bond acceptors (Lipinski definition) is 3. The van der Waals surface area contributed by atoms with E-state index in [9.17, 15) is 14.9 Å². The Labute approximate surface area is 103 Å². The third kappa shape index (κ3) is 2.74. The number of hydrogen-bond donors (Lipinski definition) is 0. The van der Waals surface area contributed by atoms with Gasteiger partial charge in [0, 0.05) is 7.05 Å². The normalized spacial score (nSPS) is 9.47. The first-order chi connectivity index (χ1) is 7.99. The Morgan fingerprint density at radius 2 is 2.29 bits per heavy atom. The molecule has 17 heavy (non-hydrogen) atoms. The molecule has 0 fully saturated rings. The van der Waals surface area contributed by atoms with Gasteiger partial charge < -0.3 is 4.90 Å². The molecule has 0 saturated carbocycles. The fourth-order valence-corrected chi connectivity index (χ4v) is 1.53. The van der Waals surface area contributed by atoms with Gasteiger partial charge >= 0.3 is 5.69 Å². The number of nitro groups is 1. The molecule has 0 aliphatic rings. The van der Waals surface area contributed by atoms with Crippen LogP contribution in [-0.2, 0) is 0 Å². The number of carbonyl (C=O) groups is 1. The molecule has 1 rings (SSSR count). The molecule has 0 heterocycles. The van der Waals surface area contributed by atoms with E-state index >= 15 is 0 Å². The summed E-state index contributed by atoms with van der Waals surface area (Å²) in [5.41, 5.74) is -0.469. The van der Waals surface area contributed by atoms with Gasteiger partial charge in [0.15, 0.2) is 0 Å². The summed E-state index contributed by atoms with van der Waals surface area (Å²) in [4.78, 5) is 23.2. The van der Waals surface area contributed by atoms with E-state index in [4.69, 9.17) is 18.0 Å². The summed E-state index contributed by atoms with van der Waals surface area (Å²) in [7, 11) is 1.47. The van der Waals surface area contributed by atoms with Crippen LogP contribution < -0.4 is 0 Å². The molecule has 1 aromatic rings. The number of nitro benzene ring substituents is 1. The number of amides is 1. The van der Waals surface area contributed by atoms with Crippen molar-refractivity contribution in [1.29, 1.82) is 0 Å². The van der Waals surface area contributed by atoms with Crippen LogP contribution in [0.2, 0.25) is 5.02 Å².